The van der Waals surface area contributed by atoms with Crippen LogP contribution >= 0.6 is 0 Å². The van der Waals surface area contributed by atoms with Crippen LogP contribution < -0.4 is 0 Å². The van der Waals surface area contributed by atoms with Crippen LogP contribution in [0.3, 0.4) is 0 Å². The molecule has 0 radical (unpaired) electrons. The van der Waals surface area contributed by atoms with Gasteiger partial charge in [0.25, 0.3) is 0 Å². The molecular formula is C17H20FN3O2. The van der Waals surface area contributed by atoms with Gasteiger partial charge < -0.3 is 9.42 Å². The maximum absolute atomic E-state index is 13.9. The molecule has 0 N–H and O–H groups in total. The van der Waals surface area contributed by atoms with Gasteiger partial charge in [0.15, 0.2) is 5.82 Å². The molecule has 1 unspecified atom stereocenters. The van der Waals surface area contributed by atoms with E-state index in [1.165, 1.54) is 6.07 Å². The molecule has 1 aliphatic rings. The first kappa shape index (κ1) is 15.6. The zero-order chi connectivity index (χ0) is 16.6. The van der Waals surface area contributed by atoms with Crippen molar-refractivity contribution in [1.82, 2.24) is 15.0 Å². The van der Waals surface area contributed by atoms with Gasteiger partial charge in [-0.3, -0.25) is 4.79 Å². The molecule has 0 saturated carbocycles. The van der Waals surface area contributed by atoms with E-state index in [0.717, 1.165) is 0 Å². The summed E-state index contributed by atoms with van der Waals surface area (Å²) in [7, 11) is 0. The molecule has 5 nitrogen and oxygen atoms in total. The predicted octanol–water partition coefficient (Wildman–Crippen LogP) is 3.37. The minimum Gasteiger partial charge on any atom is -0.337 e. The van der Waals surface area contributed by atoms with E-state index >= 15 is 0 Å². The van der Waals surface area contributed by atoms with Crippen LogP contribution in [0.4, 0.5) is 4.39 Å². The summed E-state index contributed by atoms with van der Waals surface area (Å²) in [5.41, 5.74) is 0.268. The summed E-state index contributed by atoms with van der Waals surface area (Å²) in [4.78, 5) is 18.3. The number of nitrogens with zero attached hydrogens (tertiary/aromatic N) is 3. The first-order chi connectivity index (χ1) is 10.9. The first-order valence-electron chi connectivity index (χ1n) is 7.73. The van der Waals surface area contributed by atoms with Crippen LogP contribution in [0.15, 0.2) is 28.8 Å². The summed E-state index contributed by atoms with van der Waals surface area (Å²) < 4.78 is 19.2. The summed E-state index contributed by atoms with van der Waals surface area (Å²) in [6.45, 7) is 6.21. The van der Waals surface area contributed by atoms with Crippen LogP contribution in [-0.2, 0) is 16.8 Å². The lowest BCUT2D eigenvalue weighted by molar-refractivity contribution is -0.130. The second kappa shape index (κ2) is 5.76. The molecule has 2 aromatic rings. The average molecular weight is 317 g/mol. The Balaban J connectivity index is 1.85. The molecule has 3 rings (SSSR count). The predicted molar refractivity (Wildman–Crippen MR) is 81.9 cm³/mol. The SMILES string of the molecule is CC(C)(C)c1noc(C2CCC(=O)N2Cc2ccccc2F)n1. The molecule has 1 aliphatic heterocycles. The Hall–Kier alpha value is -2.24. The molecule has 1 amide bonds. The number of carbonyl (C=O) groups excluding carboxylic acids is 1. The molecule has 0 aliphatic carbocycles. The Morgan fingerprint density at radius 1 is 1.35 bits per heavy atom. The number of hydrogen-bond donors (Lipinski definition) is 0. The Morgan fingerprint density at radius 2 is 2.09 bits per heavy atom. The van der Waals surface area contributed by atoms with Crippen LogP contribution in [0.25, 0.3) is 0 Å². The normalized spacial score (nSPS) is 18.7. The van der Waals surface area contributed by atoms with Crippen molar-refractivity contribution >= 4 is 5.91 Å². The quantitative estimate of drug-likeness (QED) is 0.871. The second-order valence-electron chi connectivity index (χ2n) is 6.87. The molecule has 122 valence electrons. The molecule has 1 atom stereocenters. The van der Waals surface area contributed by atoms with Crippen LogP contribution in [-0.4, -0.2) is 20.9 Å². The molecule has 23 heavy (non-hydrogen) atoms. The molecule has 1 saturated heterocycles. The van der Waals surface area contributed by atoms with Crippen molar-refractivity contribution in [2.24, 2.45) is 0 Å². The number of likely N-dealkylation sites (tertiary alicyclic amines) is 1. The third kappa shape index (κ3) is 3.11. The minimum absolute atomic E-state index is 0.0197. The fraction of sp³-hybridized carbons (Fsp3) is 0.471. The van der Waals surface area contributed by atoms with Crippen molar-refractivity contribution in [2.45, 2.75) is 51.6 Å². The molecule has 1 aromatic heterocycles. The van der Waals surface area contributed by atoms with Gasteiger partial charge in [0, 0.05) is 23.9 Å². The van der Waals surface area contributed by atoms with Crippen LogP contribution in [0.5, 0.6) is 0 Å². The third-order valence-corrected chi connectivity index (χ3v) is 4.02. The standard InChI is InChI=1S/C17H20FN3O2/c1-17(2,3)16-19-15(23-20-16)13-8-9-14(22)21(13)10-11-6-4-5-7-12(11)18/h4-7,13H,8-10H2,1-3H3. The largest absolute Gasteiger partial charge is 0.337 e. The van der Waals surface area contributed by atoms with E-state index in [0.29, 0.717) is 30.1 Å². The highest BCUT2D eigenvalue weighted by Gasteiger charge is 2.37. The Kier molecular flexibility index (Phi) is 3.92. The molecule has 1 aromatic carbocycles. The zero-order valence-corrected chi connectivity index (χ0v) is 13.5. The highest BCUT2D eigenvalue weighted by atomic mass is 19.1. The number of aromatic nitrogens is 2. The third-order valence-electron chi connectivity index (χ3n) is 4.02. The summed E-state index contributed by atoms with van der Waals surface area (Å²) in [5, 5.41) is 4.02. The summed E-state index contributed by atoms with van der Waals surface area (Å²) in [6, 6.07) is 6.20. The van der Waals surface area contributed by atoms with Crippen LogP contribution in [0, 0.1) is 5.82 Å². The second-order valence-corrected chi connectivity index (χ2v) is 6.87. The van der Waals surface area contributed by atoms with Crippen LogP contribution in [0.2, 0.25) is 0 Å². The lowest BCUT2D eigenvalue weighted by Crippen LogP contribution is -2.28. The van der Waals surface area contributed by atoms with Gasteiger partial charge in [-0.2, -0.15) is 4.98 Å². The highest BCUT2D eigenvalue weighted by Crippen LogP contribution is 2.34. The number of amides is 1. The van der Waals surface area contributed by atoms with E-state index < -0.39 is 0 Å². The monoisotopic (exact) mass is 317 g/mol. The summed E-state index contributed by atoms with van der Waals surface area (Å²) >= 11 is 0. The Morgan fingerprint density at radius 3 is 2.74 bits per heavy atom. The van der Waals surface area contributed by atoms with Crippen molar-refractivity contribution in [2.75, 3.05) is 0 Å². The van der Waals surface area contributed by atoms with E-state index in [4.69, 9.17) is 4.52 Å². The number of hydrogen-bond acceptors (Lipinski definition) is 4. The molecule has 1 fully saturated rings. The number of benzene rings is 1. The van der Waals surface area contributed by atoms with E-state index in [1.807, 2.05) is 20.8 Å². The van der Waals surface area contributed by atoms with Crippen LogP contribution in [0.1, 0.15) is 56.9 Å². The lowest BCUT2D eigenvalue weighted by Gasteiger charge is -2.22. The maximum atomic E-state index is 13.9. The summed E-state index contributed by atoms with van der Waals surface area (Å²) in [6.07, 6.45) is 1.02. The van der Waals surface area contributed by atoms with Crippen molar-refractivity contribution in [3.63, 3.8) is 0 Å². The van der Waals surface area contributed by atoms with Gasteiger partial charge in [-0.05, 0) is 12.5 Å². The maximum Gasteiger partial charge on any atom is 0.249 e. The van der Waals surface area contributed by atoms with Gasteiger partial charge in [-0.1, -0.05) is 44.1 Å². The lowest BCUT2D eigenvalue weighted by atomic mass is 9.96. The van der Waals surface area contributed by atoms with Gasteiger partial charge in [-0.25, -0.2) is 4.39 Å². The van der Waals surface area contributed by atoms with Gasteiger partial charge in [0.1, 0.15) is 11.9 Å². The van der Waals surface area contributed by atoms with Gasteiger partial charge in [0.05, 0.1) is 0 Å². The van der Waals surface area contributed by atoms with Crippen molar-refractivity contribution < 1.29 is 13.7 Å². The molecule has 2 heterocycles. The Bertz CT molecular complexity index is 721. The molecule has 6 heteroatoms. The van der Waals surface area contributed by atoms with E-state index in [1.54, 1.807) is 23.1 Å². The minimum atomic E-state index is -0.313. The molecular weight excluding hydrogens is 297 g/mol. The molecule has 0 bridgehead atoms. The van der Waals surface area contributed by atoms with E-state index in [2.05, 4.69) is 10.1 Å². The van der Waals surface area contributed by atoms with Gasteiger partial charge in [0.2, 0.25) is 11.8 Å². The van der Waals surface area contributed by atoms with E-state index in [9.17, 15) is 9.18 Å². The van der Waals surface area contributed by atoms with Gasteiger partial charge in [-0.15, -0.1) is 0 Å². The van der Waals surface area contributed by atoms with Gasteiger partial charge >= 0.3 is 0 Å². The highest BCUT2D eigenvalue weighted by molar-refractivity contribution is 5.78. The van der Waals surface area contributed by atoms with Crippen molar-refractivity contribution in [1.29, 1.82) is 0 Å². The smallest absolute Gasteiger partial charge is 0.249 e. The fourth-order valence-corrected chi connectivity index (χ4v) is 2.67. The number of halogens is 1. The zero-order valence-electron chi connectivity index (χ0n) is 13.5. The first-order valence-corrected chi connectivity index (χ1v) is 7.73. The topological polar surface area (TPSA) is 59.2 Å². The molecule has 0 spiro atoms. The number of rotatable bonds is 3. The van der Waals surface area contributed by atoms with E-state index in [-0.39, 0.29) is 29.7 Å². The number of carbonyl (C=O) groups is 1. The fourth-order valence-electron chi connectivity index (χ4n) is 2.67. The Labute approximate surface area is 134 Å². The summed E-state index contributed by atoms with van der Waals surface area (Å²) in [5.74, 6) is 0.704. The average Bonchev–Trinajstić information content (AvgIpc) is 3.09. The van der Waals surface area contributed by atoms with Crippen molar-refractivity contribution in [3.05, 3.63) is 47.4 Å². The van der Waals surface area contributed by atoms with Crippen molar-refractivity contribution in [3.8, 4) is 0 Å².